The van der Waals surface area contributed by atoms with Crippen LogP contribution in [0.15, 0.2) is 64.8 Å². The molecular weight excluding hydrogens is 597 g/mol. The van der Waals surface area contributed by atoms with Crippen LogP contribution in [0.2, 0.25) is 0 Å². The van der Waals surface area contributed by atoms with Gasteiger partial charge >= 0.3 is 12.1 Å². The lowest BCUT2D eigenvalue weighted by Gasteiger charge is -2.14. The normalized spacial score (nSPS) is 16.6. The molecule has 1 amide bonds. The zero-order valence-corrected chi connectivity index (χ0v) is 23.9. The second kappa shape index (κ2) is 12.3. The van der Waals surface area contributed by atoms with Crippen molar-refractivity contribution < 1.29 is 45.7 Å². The fourth-order valence-electron chi connectivity index (χ4n) is 4.21. The Labute approximate surface area is 244 Å². The summed E-state index contributed by atoms with van der Waals surface area (Å²) >= 11 is 0. The Kier molecular flexibility index (Phi) is 8.93. The number of sulfonamides is 1. The lowest BCUT2D eigenvalue weighted by molar-refractivity contribution is -0.709. The molecule has 0 aliphatic carbocycles. The summed E-state index contributed by atoms with van der Waals surface area (Å²) in [5.41, 5.74) is 0.568. The minimum atomic E-state index is -4.71. The summed E-state index contributed by atoms with van der Waals surface area (Å²) in [6, 6.07) is 12.5. The fraction of sp³-hybridized carbons (Fsp3) is 0.346. The van der Waals surface area contributed by atoms with E-state index in [1.807, 2.05) is 11.6 Å². The number of aryl methyl sites for hydroxylation is 1. The molecule has 3 aromatic rings. The van der Waals surface area contributed by atoms with Crippen LogP contribution < -0.4 is 4.72 Å². The number of amides is 1. The van der Waals surface area contributed by atoms with Gasteiger partial charge in [0, 0.05) is 19.4 Å². The predicted octanol–water partition coefficient (Wildman–Crippen LogP) is 3.71. The molecule has 1 N–H and O–H groups in total. The largest absolute Gasteiger partial charge is 0.569 e. The van der Waals surface area contributed by atoms with Gasteiger partial charge in [0.2, 0.25) is 11.2 Å². The van der Waals surface area contributed by atoms with Crippen molar-refractivity contribution in [3.8, 4) is 16.9 Å². The minimum absolute atomic E-state index is 0.0677. The van der Waals surface area contributed by atoms with E-state index in [1.165, 1.54) is 19.1 Å². The molecule has 1 aliphatic rings. The van der Waals surface area contributed by atoms with Crippen molar-refractivity contribution in [3.05, 3.63) is 71.1 Å². The van der Waals surface area contributed by atoms with Gasteiger partial charge in [0.25, 0.3) is 16.3 Å². The molecule has 1 aromatic heterocycles. The second-order valence-corrected chi connectivity index (χ2v) is 11.4. The Bertz CT molecular complexity index is 1620. The number of nitrogens with one attached hydrogen (secondary N) is 1. The number of carbonyl (C=O) groups is 2. The van der Waals surface area contributed by atoms with Crippen LogP contribution in [0.25, 0.3) is 16.9 Å². The van der Waals surface area contributed by atoms with E-state index in [4.69, 9.17) is 4.84 Å². The van der Waals surface area contributed by atoms with Crippen LogP contribution in [0.5, 0.6) is 0 Å². The van der Waals surface area contributed by atoms with Crippen LogP contribution >= 0.6 is 0 Å². The van der Waals surface area contributed by atoms with Gasteiger partial charge in [-0.05, 0) is 43.7 Å². The Balaban J connectivity index is 1.46. The first-order chi connectivity index (χ1) is 20.1. The van der Waals surface area contributed by atoms with Gasteiger partial charge in [-0.2, -0.15) is 18.3 Å². The summed E-state index contributed by atoms with van der Waals surface area (Å²) in [7, 11) is -4.37. The van der Waals surface area contributed by atoms with Crippen molar-refractivity contribution in [2.24, 2.45) is 11.2 Å². The summed E-state index contributed by atoms with van der Waals surface area (Å²) in [6.07, 6.45) is -5.70. The molecule has 0 saturated carbocycles. The Hall–Kier alpha value is -4.67. The highest BCUT2D eigenvalue weighted by Gasteiger charge is 2.36. The van der Waals surface area contributed by atoms with Crippen LogP contribution in [-0.4, -0.2) is 59.4 Å². The minimum Gasteiger partial charge on any atom is -0.569 e. The number of rotatable bonds is 9. The van der Waals surface area contributed by atoms with Gasteiger partial charge < -0.3 is 9.94 Å². The topological polar surface area (TPSA) is 158 Å². The molecule has 0 bridgehead atoms. The van der Waals surface area contributed by atoms with Crippen LogP contribution in [0.4, 0.5) is 13.2 Å². The van der Waals surface area contributed by atoms with Crippen molar-refractivity contribution in [1.82, 2.24) is 19.5 Å². The van der Waals surface area contributed by atoms with Gasteiger partial charge in [0.15, 0.2) is 5.69 Å². The van der Waals surface area contributed by atoms with Crippen molar-refractivity contribution in [2.45, 2.75) is 44.6 Å². The summed E-state index contributed by atoms with van der Waals surface area (Å²) in [5.74, 6) is -2.39. The molecule has 1 saturated heterocycles. The Morgan fingerprint density at radius 2 is 1.81 bits per heavy atom. The van der Waals surface area contributed by atoms with Gasteiger partial charge in [0.1, 0.15) is 0 Å². The Morgan fingerprint density at radius 1 is 1.16 bits per heavy atom. The van der Waals surface area contributed by atoms with Gasteiger partial charge in [-0.1, -0.05) is 29.8 Å². The number of benzene rings is 2. The highest BCUT2D eigenvalue weighted by molar-refractivity contribution is 7.90. The fourth-order valence-corrected chi connectivity index (χ4v) is 5.26. The number of alkyl halides is 3. The van der Waals surface area contributed by atoms with Crippen molar-refractivity contribution in [3.63, 3.8) is 0 Å². The molecule has 2 unspecified atom stereocenters. The number of halogens is 3. The van der Waals surface area contributed by atoms with Crippen LogP contribution in [0.3, 0.4) is 0 Å². The number of ether oxygens (including phenoxy) is 1. The van der Waals surface area contributed by atoms with Crippen molar-refractivity contribution in [1.29, 1.82) is 0 Å². The Morgan fingerprint density at radius 3 is 2.42 bits per heavy atom. The van der Waals surface area contributed by atoms with E-state index in [0.29, 0.717) is 5.56 Å². The highest BCUT2D eigenvalue weighted by atomic mass is 32.2. The lowest BCUT2D eigenvalue weighted by atomic mass is 10.1. The number of hydrazine groups is 1. The monoisotopic (exact) mass is 624 g/mol. The van der Waals surface area contributed by atoms with Crippen molar-refractivity contribution in [2.75, 3.05) is 13.1 Å². The number of aromatic nitrogens is 2. The molecule has 0 radical (unpaired) electrons. The third kappa shape index (κ3) is 7.59. The zero-order chi connectivity index (χ0) is 31.5. The summed E-state index contributed by atoms with van der Waals surface area (Å²) < 4.78 is 74.0. The predicted molar refractivity (Wildman–Crippen MR) is 142 cm³/mol. The van der Waals surface area contributed by atoms with Crippen LogP contribution in [-0.2, 0) is 35.4 Å². The third-order valence-electron chi connectivity index (χ3n) is 6.35. The van der Waals surface area contributed by atoms with E-state index in [2.05, 4.69) is 15.1 Å². The van der Waals surface area contributed by atoms with E-state index in [-0.39, 0.29) is 40.8 Å². The average Bonchev–Trinajstić information content (AvgIpc) is 3.60. The SMILES string of the molecule is CC(=O)OC(C)O/N=[N+](\[O-])N1CCC(C(=O)NS(=O)(=O)c2ccc(-n3nc(C(F)(F)F)cc3-c3ccc(C)cc3)cc2)C1. The van der Waals surface area contributed by atoms with Gasteiger partial charge in [-0.3, -0.25) is 14.4 Å². The van der Waals surface area contributed by atoms with Crippen LogP contribution in [0, 0.1) is 18.0 Å². The summed E-state index contributed by atoms with van der Waals surface area (Å²) in [5, 5.41) is 20.2. The highest BCUT2D eigenvalue weighted by Crippen LogP contribution is 2.33. The molecule has 13 nitrogen and oxygen atoms in total. The van der Waals surface area contributed by atoms with E-state index in [0.717, 1.165) is 40.4 Å². The molecule has 1 fully saturated rings. The molecule has 43 heavy (non-hydrogen) atoms. The maximum Gasteiger partial charge on any atom is 0.435 e. The van der Waals surface area contributed by atoms with E-state index in [1.54, 1.807) is 24.3 Å². The van der Waals surface area contributed by atoms with Gasteiger partial charge in [-0.15, -0.1) is 5.01 Å². The molecule has 17 heteroatoms. The van der Waals surface area contributed by atoms with Crippen LogP contribution in [0.1, 0.15) is 31.5 Å². The summed E-state index contributed by atoms with van der Waals surface area (Å²) in [4.78, 5) is 28.1. The van der Waals surface area contributed by atoms with E-state index < -0.39 is 46.0 Å². The smallest absolute Gasteiger partial charge is 0.435 e. The number of hydrogen-bond donors (Lipinski definition) is 1. The lowest BCUT2D eigenvalue weighted by Crippen LogP contribution is -2.37. The quantitative estimate of drug-likeness (QED) is 0.123. The molecule has 0 spiro atoms. The number of nitrogens with zero attached hydrogens (tertiary/aromatic N) is 5. The zero-order valence-electron chi connectivity index (χ0n) is 23.1. The van der Waals surface area contributed by atoms with E-state index >= 15 is 0 Å². The molecule has 1 aliphatic heterocycles. The van der Waals surface area contributed by atoms with Gasteiger partial charge in [0.05, 0.1) is 40.3 Å². The first-order valence-corrected chi connectivity index (χ1v) is 14.3. The third-order valence-corrected chi connectivity index (χ3v) is 7.71. The molecule has 230 valence electrons. The first kappa shape index (κ1) is 31.3. The standard InChI is InChI=1S/C26H27F3N6O7S/c1-16-4-6-19(7-5-16)23-14-24(26(27,28)29)30-34(23)21-8-10-22(11-9-21)43(39,40)31-25(37)20-12-13-33(15-20)35(38)32-42-18(3)41-17(2)36/h4-11,14,18,20H,12-13,15H2,1-3H3,(H,31,37)/b35-32-. The molecular formula is C26H27F3N6O7S. The second-order valence-electron chi connectivity index (χ2n) is 9.67. The number of carbonyl (C=O) groups excluding carboxylic acids is 2. The molecule has 2 heterocycles. The number of esters is 1. The molecule has 2 aromatic carbocycles. The molecule has 4 rings (SSSR count). The first-order valence-electron chi connectivity index (χ1n) is 12.8. The van der Waals surface area contributed by atoms with E-state index in [9.17, 15) is 36.4 Å². The summed E-state index contributed by atoms with van der Waals surface area (Å²) in [6.45, 7) is 4.23. The molecule has 2 atom stereocenters. The van der Waals surface area contributed by atoms with Crippen molar-refractivity contribution >= 4 is 21.9 Å². The maximum absolute atomic E-state index is 13.5. The maximum atomic E-state index is 13.5. The average molecular weight is 625 g/mol. The van der Waals surface area contributed by atoms with Gasteiger partial charge in [-0.25, -0.2) is 17.8 Å². The number of hydrogen-bond acceptors (Lipinski definition) is 9.